The number of fused-ring (bicyclic) bond motifs is 6. The molecular weight excluding hydrogens is 244 g/mol. The van der Waals surface area contributed by atoms with Crippen LogP contribution in [0.15, 0.2) is 66.7 Å². The number of aliphatic hydroxyl groups excluding tert-OH is 1. The van der Waals surface area contributed by atoms with Gasteiger partial charge in [-0.3, -0.25) is 0 Å². The molecule has 0 atom stereocenters. The third kappa shape index (κ3) is 1.47. The Hall–Kier alpha value is -2.38. The summed E-state index contributed by atoms with van der Waals surface area (Å²) in [5.41, 5.74) is 0.990. The average Bonchev–Trinajstić information content (AvgIpc) is 2.54. The lowest BCUT2D eigenvalue weighted by molar-refractivity contribution is 0.283. The lowest BCUT2D eigenvalue weighted by Gasteiger charge is -2.12. The Bertz CT molecular complexity index is 893. The predicted molar refractivity (Wildman–Crippen MR) is 84.9 cm³/mol. The summed E-state index contributed by atoms with van der Waals surface area (Å²) < 4.78 is 0. The summed E-state index contributed by atoms with van der Waals surface area (Å²) >= 11 is 0. The van der Waals surface area contributed by atoms with Gasteiger partial charge in [0.1, 0.15) is 0 Å². The molecular formula is C19H14O. The molecule has 4 aromatic carbocycles. The first-order valence-corrected chi connectivity index (χ1v) is 6.82. The van der Waals surface area contributed by atoms with Crippen LogP contribution in [-0.4, -0.2) is 5.11 Å². The standard InChI is InChI=1S/C19H14O/c20-12-13-6-5-11-18-16-8-2-1-7-14(16)15-9-3-4-10-17(15)19(13)18/h1-11,20H,12H2. The molecule has 0 aliphatic carbocycles. The Labute approximate surface area is 117 Å². The fourth-order valence-electron chi connectivity index (χ4n) is 3.16. The lowest BCUT2D eigenvalue weighted by atomic mass is 9.92. The average molecular weight is 258 g/mol. The Morgan fingerprint density at radius 1 is 0.550 bits per heavy atom. The minimum atomic E-state index is 0.0691. The van der Waals surface area contributed by atoms with Crippen molar-refractivity contribution < 1.29 is 5.11 Å². The number of aliphatic hydroxyl groups is 1. The molecule has 0 spiro atoms. The van der Waals surface area contributed by atoms with Crippen LogP contribution in [0.3, 0.4) is 0 Å². The third-order valence-corrected chi connectivity index (χ3v) is 4.02. The smallest absolute Gasteiger partial charge is 0.0688 e. The van der Waals surface area contributed by atoms with Gasteiger partial charge in [-0.25, -0.2) is 0 Å². The second-order valence-electron chi connectivity index (χ2n) is 5.09. The summed E-state index contributed by atoms with van der Waals surface area (Å²) in [7, 11) is 0. The van der Waals surface area contributed by atoms with Crippen molar-refractivity contribution in [2.24, 2.45) is 0 Å². The minimum absolute atomic E-state index is 0.0691. The van der Waals surface area contributed by atoms with Crippen LogP contribution >= 0.6 is 0 Å². The molecule has 0 fully saturated rings. The number of benzene rings is 4. The second-order valence-corrected chi connectivity index (χ2v) is 5.09. The summed E-state index contributed by atoms with van der Waals surface area (Å²) in [4.78, 5) is 0. The molecule has 96 valence electrons. The van der Waals surface area contributed by atoms with Crippen LogP contribution in [-0.2, 0) is 6.61 Å². The van der Waals surface area contributed by atoms with Crippen molar-refractivity contribution in [1.29, 1.82) is 0 Å². The zero-order valence-corrected chi connectivity index (χ0v) is 11.0. The van der Waals surface area contributed by atoms with E-state index in [0.29, 0.717) is 0 Å². The fourth-order valence-corrected chi connectivity index (χ4v) is 3.16. The molecule has 1 heteroatoms. The number of hydrogen-bond donors (Lipinski definition) is 1. The van der Waals surface area contributed by atoms with Crippen LogP contribution < -0.4 is 0 Å². The molecule has 1 N–H and O–H groups in total. The summed E-state index contributed by atoms with van der Waals surface area (Å²) in [5.74, 6) is 0. The Morgan fingerprint density at radius 2 is 1.00 bits per heavy atom. The Kier molecular flexibility index (Phi) is 2.48. The molecule has 1 nitrogen and oxygen atoms in total. The molecule has 4 aromatic rings. The van der Waals surface area contributed by atoms with E-state index >= 15 is 0 Å². The molecule has 20 heavy (non-hydrogen) atoms. The van der Waals surface area contributed by atoms with Crippen molar-refractivity contribution >= 4 is 32.3 Å². The van der Waals surface area contributed by atoms with Crippen LogP contribution in [0.2, 0.25) is 0 Å². The monoisotopic (exact) mass is 258 g/mol. The van der Waals surface area contributed by atoms with Crippen molar-refractivity contribution in [2.45, 2.75) is 6.61 Å². The highest BCUT2D eigenvalue weighted by Gasteiger charge is 2.10. The van der Waals surface area contributed by atoms with Gasteiger partial charge in [-0.2, -0.15) is 0 Å². The highest BCUT2D eigenvalue weighted by molar-refractivity contribution is 6.26. The van der Waals surface area contributed by atoms with Crippen molar-refractivity contribution in [1.82, 2.24) is 0 Å². The topological polar surface area (TPSA) is 20.2 Å². The second kappa shape index (κ2) is 4.32. The lowest BCUT2D eigenvalue weighted by Crippen LogP contribution is -1.89. The number of hydrogen-bond acceptors (Lipinski definition) is 1. The summed E-state index contributed by atoms with van der Waals surface area (Å²) in [6.45, 7) is 0.0691. The molecule has 0 amide bonds. The van der Waals surface area contributed by atoms with E-state index < -0.39 is 0 Å². The fraction of sp³-hybridized carbons (Fsp3) is 0.0526. The summed E-state index contributed by atoms with van der Waals surface area (Å²) in [6.07, 6.45) is 0. The zero-order valence-electron chi connectivity index (χ0n) is 11.0. The Morgan fingerprint density at radius 3 is 1.55 bits per heavy atom. The van der Waals surface area contributed by atoms with E-state index in [1.807, 2.05) is 12.1 Å². The minimum Gasteiger partial charge on any atom is -0.392 e. The molecule has 0 aliphatic heterocycles. The maximum absolute atomic E-state index is 9.67. The zero-order chi connectivity index (χ0) is 13.5. The van der Waals surface area contributed by atoms with E-state index in [1.54, 1.807) is 0 Å². The first-order valence-electron chi connectivity index (χ1n) is 6.82. The van der Waals surface area contributed by atoms with Crippen LogP contribution in [0.25, 0.3) is 32.3 Å². The quantitative estimate of drug-likeness (QED) is 0.493. The van der Waals surface area contributed by atoms with Gasteiger partial charge in [0.15, 0.2) is 0 Å². The van der Waals surface area contributed by atoms with Crippen molar-refractivity contribution in [3.05, 3.63) is 72.3 Å². The predicted octanol–water partition coefficient (Wildman–Crippen LogP) is 4.64. The van der Waals surface area contributed by atoms with Crippen molar-refractivity contribution in [3.63, 3.8) is 0 Å². The highest BCUT2D eigenvalue weighted by Crippen LogP contribution is 2.36. The van der Waals surface area contributed by atoms with Crippen LogP contribution in [0, 0.1) is 0 Å². The molecule has 0 radical (unpaired) electrons. The van der Waals surface area contributed by atoms with Gasteiger partial charge in [0.2, 0.25) is 0 Å². The van der Waals surface area contributed by atoms with Crippen molar-refractivity contribution in [3.8, 4) is 0 Å². The van der Waals surface area contributed by atoms with Crippen LogP contribution in [0.4, 0.5) is 0 Å². The van der Waals surface area contributed by atoms with Gasteiger partial charge < -0.3 is 5.11 Å². The first kappa shape index (κ1) is 11.4. The Balaban J connectivity index is 2.42. The molecule has 0 bridgehead atoms. The molecule has 0 aromatic heterocycles. The third-order valence-electron chi connectivity index (χ3n) is 4.02. The maximum Gasteiger partial charge on any atom is 0.0688 e. The number of rotatable bonds is 1. The molecule has 0 heterocycles. The van der Waals surface area contributed by atoms with Gasteiger partial charge in [0.25, 0.3) is 0 Å². The summed E-state index contributed by atoms with van der Waals surface area (Å²) in [5, 5.41) is 17.0. The molecule has 0 saturated heterocycles. The van der Waals surface area contributed by atoms with Gasteiger partial charge in [-0.05, 0) is 37.9 Å². The first-order chi connectivity index (χ1) is 9.90. The molecule has 0 aliphatic rings. The van der Waals surface area contributed by atoms with E-state index in [0.717, 1.165) is 5.56 Å². The molecule has 0 unspecified atom stereocenters. The SMILES string of the molecule is OCc1cccc2c3ccccc3c3ccccc3c12. The van der Waals surface area contributed by atoms with Crippen LogP contribution in [0.5, 0.6) is 0 Å². The largest absolute Gasteiger partial charge is 0.392 e. The molecule has 4 rings (SSSR count). The van der Waals surface area contributed by atoms with Gasteiger partial charge in [0.05, 0.1) is 6.61 Å². The van der Waals surface area contributed by atoms with Crippen molar-refractivity contribution in [2.75, 3.05) is 0 Å². The van der Waals surface area contributed by atoms with Gasteiger partial charge in [-0.15, -0.1) is 0 Å². The van der Waals surface area contributed by atoms with E-state index in [1.165, 1.54) is 32.3 Å². The normalized spacial score (nSPS) is 11.4. The maximum atomic E-state index is 9.67. The summed E-state index contributed by atoms with van der Waals surface area (Å²) in [6, 6.07) is 23.1. The molecule has 0 saturated carbocycles. The van der Waals surface area contributed by atoms with Gasteiger partial charge in [-0.1, -0.05) is 66.7 Å². The van der Waals surface area contributed by atoms with Crippen LogP contribution in [0.1, 0.15) is 5.56 Å². The van der Waals surface area contributed by atoms with Gasteiger partial charge in [0, 0.05) is 0 Å². The highest BCUT2D eigenvalue weighted by atomic mass is 16.3. The van der Waals surface area contributed by atoms with E-state index in [2.05, 4.69) is 54.6 Å². The van der Waals surface area contributed by atoms with E-state index in [9.17, 15) is 5.11 Å². The van der Waals surface area contributed by atoms with E-state index in [-0.39, 0.29) is 6.61 Å². The van der Waals surface area contributed by atoms with Gasteiger partial charge >= 0.3 is 0 Å². The van der Waals surface area contributed by atoms with E-state index in [4.69, 9.17) is 0 Å².